The highest BCUT2D eigenvalue weighted by molar-refractivity contribution is 5.83. The van der Waals surface area contributed by atoms with Crippen LogP contribution in [0.1, 0.15) is 38.3 Å². The minimum Gasteiger partial charge on any atom is -0.330 e. The molecule has 1 aliphatic rings. The number of fused-ring (bicyclic) bond motifs is 1. The summed E-state index contributed by atoms with van der Waals surface area (Å²) in [4.78, 5) is 2.63. The zero-order valence-electron chi connectivity index (χ0n) is 13.1. The molecule has 0 saturated carbocycles. The van der Waals surface area contributed by atoms with Gasteiger partial charge in [-0.2, -0.15) is 0 Å². The van der Waals surface area contributed by atoms with Crippen LogP contribution in [0.15, 0.2) is 42.5 Å². The first-order valence-corrected chi connectivity index (χ1v) is 8.13. The van der Waals surface area contributed by atoms with E-state index in [1.54, 1.807) is 0 Å². The predicted molar refractivity (Wildman–Crippen MR) is 90.3 cm³/mol. The molecule has 1 saturated heterocycles. The Labute approximate surface area is 127 Å². The van der Waals surface area contributed by atoms with Gasteiger partial charge in [0.1, 0.15) is 0 Å². The number of hydrogen-bond donors (Lipinski definition) is 1. The van der Waals surface area contributed by atoms with Crippen molar-refractivity contribution in [2.45, 2.75) is 38.8 Å². The van der Waals surface area contributed by atoms with Crippen LogP contribution < -0.4 is 5.73 Å². The standard InChI is InChI=1S/C19H26N2/c1-14-7-8-16(12-20)13-21(14)15(2)18-10-9-17-5-3-4-6-19(17)11-18/h3-6,9-11,14-16H,7-8,12-13,20H2,1-2H3. The fourth-order valence-electron chi connectivity index (χ4n) is 3.60. The largest absolute Gasteiger partial charge is 0.330 e. The molecule has 2 nitrogen and oxygen atoms in total. The van der Waals surface area contributed by atoms with E-state index >= 15 is 0 Å². The second kappa shape index (κ2) is 6.17. The molecule has 0 aliphatic carbocycles. The van der Waals surface area contributed by atoms with Crippen molar-refractivity contribution in [2.75, 3.05) is 13.1 Å². The molecule has 112 valence electrons. The zero-order valence-corrected chi connectivity index (χ0v) is 13.1. The van der Waals surface area contributed by atoms with Gasteiger partial charge in [0, 0.05) is 18.6 Å². The third-order valence-electron chi connectivity index (χ3n) is 5.11. The molecule has 0 amide bonds. The van der Waals surface area contributed by atoms with Crippen LogP contribution in [0.5, 0.6) is 0 Å². The van der Waals surface area contributed by atoms with Crippen molar-refractivity contribution in [3.8, 4) is 0 Å². The van der Waals surface area contributed by atoms with Crippen LogP contribution in [-0.2, 0) is 0 Å². The van der Waals surface area contributed by atoms with E-state index in [2.05, 4.69) is 61.2 Å². The summed E-state index contributed by atoms with van der Waals surface area (Å²) in [6.07, 6.45) is 2.54. The maximum atomic E-state index is 5.90. The van der Waals surface area contributed by atoms with E-state index in [1.807, 2.05) is 0 Å². The second-order valence-electron chi connectivity index (χ2n) is 6.51. The van der Waals surface area contributed by atoms with Crippen molar-refractivity contribution in [1.29, 1.82) is 0 Å². The Kier molecular flexibility index (Phi) is 4.27. The molecule has 3 unspecified atom stereocenters. The zero-order chi connectivity index (χ0) is 14.8. The fourth-order valence-corrected chi connectivity index (χ4v) is 3.60. The normalized spacial score (nSPS) is 25.1. The van der Waals surface area contributed by atoms with E-state index < -0.39 is 0 Å². The second-order valence-corrected chi connectivity index (χ2v) is 6.51. The first kappa shape index (κ1) is 14.6. The van der Waals surface area contributed by atoms with Gasteiger partial charge in [-0.15, -0.1) is 0 Å². The Morgan fingerprint density at radius 3 is 2.67 bits per heavy atom. The Morgan fingerprint density at radius 1 is 1.14 bits per heavy atom. The van der Waals surface area contributed by atoms with Crippen molar-refractivity contribution in [1.82, 2.24) is 4.90 Å². The van der Waals surface area contributed by atoms with Crippen molar-refractivity contribution in [2.24, 2.45) is 11.7 Å². The third kappa shape index (κ3) is 2.97. The number of rotatable bonds is 3. The van der Waals surface area contributed by atoms with Crippen molar-refractivity contribution in [3.63, 3.8) is 0 Å². The lowest BCUT2D eigenvalue weighted by molar-refractivity contribution is 0.0813. The molecule has 0 spiro atoms. The first-order valence-electron chi connectivity index (χ1n) is 8.13. The molecule has 3 rings (SSSR count). The molecule has 2 heteroatoms. The lowest BCUT2D eigenvalue weighted by Crippen LogP contribution is -2.44. The summed E-state index contributed by atoms with van der Waals surface area (Å²) in [6.45, 7) is 6.63. The van der Waals surface area contributed by atoms with Crippen molar-refractivity contribution >= 4 is 10.8 Å². The van der Waals surface area contributed by atoms with Crippen LogP contribution in [0.2, 0.25) is 0 Å². The van der Waals surface area contributed by atoms with Gasteiger partial charge in [-0.25, -0.2) is 0 Å². The van der Waals surface area contributed by atoms with Crippen molar-refractivity contribution in [3.05, 3.63) is 48.0 Å². The molecule has 1 fully saturated rings. The molecule has 1 heterocycles. The van der Waals surface area contributed by atoms with E-state index in [0.29, 0.717) is 18.0 Å². The Hall–Kier alpha value is -1.38. The van der Waals surface area contributed by atoms with Gasteiger partial charge in [-0.1, -0.05) is 36.4 Å². The van der Waals surface area contributed by atoms with Crippen LogP contribution >= 0.6 is 0 Å². The molecule has 0 bridgehead atoms. The van der Waals surface area contributed by atoms with Gasteiger partial charge in [0.25, 0.3) is 0 Å². The van der Waals surface area contributed by atoms with Gasteiger partial charge < -0.3 is 5.73 Å². The molecular formula is C19H26N2. The van der Waals surface area contributed by atoms with Crippen LogP contribution in [0.3, 0.4) is 0 Å². The number of nitrogens with zero attached hydrogens (tertiary/aromatic N) is 1. The highest BCUT2D eigenvalue weighted by Crippen LogP contribution is 2.31. The summed E-state index contributed by atoms with van der Waals surface area (Å²) in [5.41, 5.74) is 7.31. The third-order valence-corrected chi connectivity index (χ3v) is 5.11. The SMILES string of the molecule is CC1CCC(CN)CN1C(C)c1ccc2ccccc2c1. The summed E-state index contributed by atoms with van der Waals surface area (Å²) in [6, 6.07) is 16.6. The average Bonchev–Trinajstić information content (AvgIpc) is 2.54. The number of benzene rings is 2. The molecule has 3 atom stereocenters. The summed E-state index contributed by atoms with van der Waals surface area (Å²) in [5.74, 6) is 0.657. The number of hydrogen-bond acceptors (Lipinski definition) is 2. The van der Waals surface area contributed by atoms with Crippen molar-refractivity contribution < 1.29 is 0 Å². The molecular weight excluding hydrogens is 256 g/mol. The summed E-state index contributed by atoms with van der Waals surface area (Å²) in [7, 11) is 0. The Morgan fingerprint density at radius 2 is 1.90 bits per heavy atom. The molecule has 0 radical (unpaired) electrons. The van der Waals surface area contributed by atoms with Crippen LogP contribution in [0.4, 0.5) is 0 Å². The maximum Gasteiger partial charge on any atom is 0.0323 e. The molecule has 2 aromatic carbocycles. The molecule has 2 aromatic rings. The highest BCUT2D eigenvalue weighted by Gasteiger charge is 2.28. The number of nitrogens with two attached hydrogens (primary N) is 1. The first-order chi connectivity index (χ1) is 10.2. The molecule has 1 aliphatic heterocycles. The van der Waals surface area contributed by atoms with Gasteiger partial charge in [0.05, 0.1) is 0 Å². The van der Waals surface area contributed by atoms with E-state index in [1.165, 1.54) is 29.2 Å². The lowest BCUT2D eigenvalue weighted by Gasteiger charge is -2.41. The number of piperidine rings is 1. The Balaban J connectivity index is 1.86. The highest BCUT2D eigenvalue weighted by atomic mass is 15.2. The van der Waals surface area contributed by atoms with E-state index in [9.17, 15) is 0 Å². The Bertz CT molecular complexity index is 607. The smallest absolute Gasteiger partial charge is 0.0323 e. The van der Waals surface area contributed by atoms with E-state index in [4.69, 9.17) is 5.73 Å². The van der Waals surface area contributed by atoms with Gasteiger partial charge in [0.2, 0.25) is 0 Å². The van der Waals surface area contributed by atoms with E-state index in [-0.39, 0.29) is 0 Å². The summed E-state index contributed by atoms with van der Waals surface area (Å²) in [5, 5.41) is 2.65. The minimum absolute atomic E-state index is 0.457. The summed E-state index contributed by atoms with van der Waals surface area (Å²) < 4.78 is 0. The molecule has 2 N–H and O–H groups in total. The molecule has 0 aromatic heterocycles. The minimum atomic E-state index is 0.457. The van der Waals surface area contributed by atoms with Gasteiger partial charge in [-0.05, 0) is 61.6 Å². The number of likely N-dealkylation sites (tertiary alicyclic amines) is 1. The quantitative estimate of drug-likeness (QED) is 0.923. The topological polar surface area (TPSA) is 29.3 Å². The van der Waals surface area contributed by atoms with Gasteiger partial charge in [0.15, 0.2) is 0 Å². The summed E-state index contributed by atoms with van der Waals surface area (Å²) >= 11 is 0. The van der Waals surface area contributed by atoms with Crippen LogP contribution in [0.25, 0.3) is 10.8 Å². The fraction of sp³-hybridized carbons (Fsp3) is 0.474. The van der Waals surface area contributed by atoms with E-state index in [0.717, 1.165) is 13.1 Å². The van der Waals surface area contributed by atoms with Crippen LogP contribution in [0, 0.1) is 5.92 Å². The monoisotopic (exact) mass is 282 g/mol. The molecule has 21 heavy (non-hydrogen) atoms. The average molecular weight is 282 g/mol. The maximum absolute atomic E-state index is 5.90. The van der Waals surface area contributed by atoms with Gasteiger partial charge in [-0.3, -0.25) is 4.90 Å². The van der Waals surface area contributed by atoms with Gasteiger partial charge >= 0.3 is 0 Å². The lowest BCUT2D eigenvalue weighted by atomic mass is 9.90. The van der Waals surface area contributed by atoms with Crippen LogP contribution in [-0.4, -0.2) is 24.0 Å². The predicted octanol–water partition coefficient (Wildman–Crippen LogP) is 3.96.